The molecule has 0 fully saturated rings. The van der Waals surface area contributed by atoms with Gasteiger partial charge in [-0.2, -0.15) is 0 Å². The number of fused-ring (bicyclic) bond motifs is 1. The molecule has 1 aromatic rings. The fourth-order valence-corrected chi connectivity index (χ4v) is 1.51. The maximum absolute atomic E-state index is 10.5. The second-order valence-electron chi connectivity index (χ2n) is 2.95. The van der Waals surface area contributed by atoms with Crippen molar-refractivity contribution < 1.29 is 28.3 Å². The molecule has 15 heavy (non-hydrogen) atoms. The lowest BCUT2D eigenvalue weighted by Gasteiger charge is -2.05. The van der Waals surface area contributed by atoms with Crippen LogP contribution in [0.5, 0.6) is 11.5 Å². The molecular weight excluding hydrogens is 223 g/mol. The van der Waals surface area contributed by atoms with Crippen molar-refractivity contribution in [1.29, 1.82) is 0 Å². The average Bonchev–Trinajstić information content (AvgIpc) is 2.60. The van der Waals surface area contributed by atoms with Crippen LogP contribution in [0, 0.1) is 0 Å². The Morgan fingerprint density at radius 3 is 2.80 bits per heavy atom. The molecule has 1 aliphatic rings. The monoisotopic (exact) mass is 232 g/mol. The first-order valence-electron chi connectivity index (χ1n) is 4.13. The van der Waals surface area contributed by atoms with Gasteiger partial charge in [-0.3, -0.25) is 4.52 Å². The first kappa shape index (κ1) is 10.4. The number of rotatable bonds is 3. The van der Waals surface area contributed by atoms with Gasteiger partial charge in [-0.15, -0.1) is 0 Å². The Morgan fingerprint density at radius 2 is 2.07 bits per heavy atom. The molecule has 0 unspecified atom stereocenters. The number of benzene rings is 1. The minimum Gasteiger partial charge on any atom is -0.454 e. The Labute approximate surface area is 85.6 Å². The number of phosphoric ester groups is 1. The first-order valence-corrected chi connectivity index (χ1v) is 5.66. The predicted octanol–water partition coefficient (Wildman–Crippen LogP) is 1.02. The molecule has 0 amide bonds. The van der Waals surface area contributed by atoms with Crippen molar-refractivity contribution in [2.45, 2.75) is 6.61 Å². The highest BCUT2D eigenvalue weighted by Gasteiger charge is 2.16. The Hall–Kier alpha value is -1.07. The van der Waals surface area contributed by atoms with Crippen LogP contribution in [-0.2, 0) is 15.7 Å². The lowest BCUT2D eigenvalue weighted by molar-refractivity contribution is 0.173. The summed E-state index contributed by atoms with van der Waals surface area (Å²) < 4.78 is 25.0. The quantitative estimate of drug-likeness (QED) is 0.757. The number of ether oxygens (including phenoxy) is 2. The number of hydrogen-bond acceptors (Lipinski definition) is 4. The molecule has 7 heteroatoms. The maximum Gasteiger partial charge on any atom is 0.469 e. The van der Waals surface area contributed by atoms with Gasteiger partial charge in [-0.05, 0) is 17.7 Å². The Balaban J connectivity index is 2.07. The highest BCUT2D eigenvalue weighted by Crippen LogP contribution is 2.38. The van der Waals surface area contributed by atoms with Crippen molar-refractivity contribution in [2.75, 3.05) is 6.79 Å². The first-order chi connectivity index (χ1) is 7.04. The van der Waals surface area contributed by atoms with E-state index in [9.17, 15) is 4.57 Å². The summed E-state index contributed by atoms with van der Waals surface area (Å²) >= 11 is 0. The Morgan fingerprint density at radius 1 is 1.33 bits per heavy atom. The van der Waals surface area contributed by atoms with Gasteiger partial charge >= 0.3 is 7.82 Å². The Kier molecular flexibility index (Phi) is 2.67. The fourth-order valence-electron chi connectivity index (χ4n) is 1.19. The van der Waals surface area contributed by atoms with Gasteiger partial charge in [0, 0.05) is 0 Å². The molecule has 0 spiro atoms. The molecule has 0 saturated heterocycles. The van der Waals surface area contributed by atoms with Crippen LogP contribution in [0.25, 0.3) is 0 Å². The molecule has 1 aromatic carbocycles. The lowest BCUT2D eigenvalue weighted by atomic mass is 10.2. The average molecular weight is 232 g/mol. The van der Waals surface area contributed by atoms with Crippen LogP contribution < -0.4 is 9.47 Å². The highest BCUT2D eigenvalue weighted by atomic mass is 31.2. The summed E-state index contributed by atoms with van der Waals surface area (Å²) in [7, 11) is -4.42. The van der Waals surface area contributed by atoms with Gasteiger partial charge in [-0.25, -0.2) is 4.57 Å². The van der Waals surface area contributed by atoms with Crippen LogP contribution in [0.4, 0.5) is 0 Å². The summed E-state index contributed by atoms with van der Waals surface area (Å²) in [6.45, 7) is -0.000938. The zero-order chi connectivity index (χ0) is 10.9. The van der Waals surface area contributed by atoms with E-state index < -0.39 is 7.82 Å². The van der Waals surface area contributed by atoms with Crippen molar-refractivity contribution in [3.63, 3.8) is 0 Å². The second-order valence-corrected chi connectivity index (χ2v) is 4.19. The summed E-state index contributed by atoms with van der Waals surface area (Å²) in [5, 5.41) is 0. The van der Waals surface area contributed by atoms with Gasteiger partial charge in [0.25, 0.3) is 0 Å². The molecule has 0 saturated carbocycles. The lowest BCUT2D eigenvalue weighted by Crippen LogP contribution is -1.93. The third-order valence-electron chi connectivity index (χ3n) is 1.84. The molecular formula is C8H9O6P. The molecule has 2 rings (SSSR count). The van der Waals surface area contributed by atoms with E-state index in [-0.39, 0.29) is 13.4 Å². The van der Waals surface area contributed by atoms with Crippen LogP contribution in [0.15, 0.2) is 18.2 Å². The molecule has 2 N–H and O–H groups in total. The number of hydrogen-bond donors (Lipinski definition) is 2. The van der Waals surface area contributed by atoms with Gasteiger partial charge in [0.1, 0.15) is 0 Å². The smallest absolute Gasteiger partial charge is 0.454 e. The summed E-state index contributed by atoms with van der Waals surface area (Å²) in [4.78, 5) is 17.0. The summed E-state index contributed by atoms with van der Waals surface area (Å²) in [6.07, 6.45) is 0. The van der Waals surface area contributed by atoms with Gasteiger partial charge in [0.2, 0.25) is 6.79 Å². The van der Waals surface area contributed by atoms with Crippen LogP contribution in [-0.4, -0.2) is 16.6 Å². The van der Waals surface area contributed by atoms with E-state index in [4.69, 9.17) is 19.3 Å². The van der Waals surface area contributed by atoms with E-state index >= 15 is 0 Å². The van der Waals surface area contributed by atoms with Crippen LogP contribution in [0.3, 0.4) is 0 Å². The number of phosphoric acid groups is 1. The summed E-state index contributed by atoms with van der Waals surface area (Å²) in [5.74, 6) is 1.18. The molecule has 0 aromatic heterocycles. The molecule has 82 valence electrons. The Bertz CT molecular complexity index is 412. The second kappa shape index (κ2) is 3.83. The standard InChI is InChI=1S/C8H9O6P/c9-15(10,11)14-4-6-1-2-7-8(3-6)13-5-12-7/h1-3H,4-5H2,(H2,9,10,11). The molecule has 0 bridgehead atoms. The van der Waals surface area contributed by atoms with Crippen molar-refractivity contribution in [3.8, 4) is 11.5 Å². The maximum atomic E-state index is 10.5. The summed E-state index contributed by atoms with van der Waals surface area (Å²) in [5.41, 5.74) is 0.613. The van der Waals surface area contributed by atoms with Crippen molar-refractivity contribution in [2.24, 2.45) is 0 Å². The zero-order valence-electron chi connectivity index (χ0n) is 7.62. The zero-order valence-corrected chi connectivity index (χ0v) is 8.52. The van der Waals surface area contributed by atoms with Crippen molar-refractivity contribution in [1.82, 2.24) is 0 Å². The molecule has 0 radical (unpaired) electrons. The molecule has 6 nitrogen and oxygen atoms in total. The predicted molar refractivity (Wildman–Crippen MR) is 49.4 cm³/mol. The van der Waals surface area contributed by atoms with E-state index in [0.717, 1.165) is 0 Å². The largest absolute Gasteiger partial charge is 0.469 e. The summed E-state index contributed by atoms with van der Waals surface area (Å²) in [6, 6.07) is 4.95. The van der Waals surface area contributed by atoms with Crippen LogP contribution in [0.1, 0.15) is 5.56 Å². The van der Waals surface area contributed by atoms with Crippen LogP contribution in [0.2, 0.25) is 0 Å². The van der Waals surface area contributed by atoms with Crippen LogP contribution >= 0.6 is 7.82 Å². The molecule has 1 aliphatic heterocycles. The third-order valence-corrected chi connectivity index (χ3v) is 2.30. The third kappa shape index (κ3) is 2.70. The van der Waals surface area contributed by atoms with Gasteiger partial charge in [-0.1, -0.05) is 6.07 Å². The van der Waals surface area contributed by atoms with E-state index in [0.29, 0.717) is 17.1 Å². The van der Waals surface area contributed by atoms with Gasteiger partial charge < -0.3 is 19.3 Å². The molecule has 0 aliphatic carbocycles. The molecule has 0 atom stereocenters. The van der Waals surface area contributed by atoms with E-state index in [1.807, 2.05) is 0 Å². The highest BCUT2D eigenvalue weighted by molar-refractivity contribution is 7.46. The van der Waals surface area contributed by atoms with Gasteiger partial charge in [0.15, 0.2) is 11.5 Å². The van der Waals surface area contributed by atoms with E-state index in [1.165, 1.54) is 0 Å². The normalized spacial score (nSPS) is 14.3. The topological polar surface area (TPSA) is 85.2 Å². The SMILES string of the molecule is O=P(O)(O)OCc1ccc2c(c1)OCO2. The van der Waals surface area contributed by atoms with Gasteiger partial charge in [0.05, 0.1) is 6.61 Å². The van der Waals surface area contributed by atoms with Crippen molar-refractivity contribution >= 4 is 7.82 Å². The van der Waals surface area contributed by atoms with E-state index in [1.54, 1.807) is 18.2 Å². The fraction of sp³-hybridized carbons (Fsp3) is 0.250. The van der Waals surface area contributed by atoms with Crippen molar-refractivity contribution in [3.05, 3.63) is 23.8 Å². The van der Waals surface area contributed by atoms with E-state index in [2.05, 4.69) is 4.52 Å². The minimum absolute atomic E-state index is 0.165. The minimum atomic E-state index is -4.42. The molecule has 1 heterocycles.